The van der Waals surface area contributed by atoms with E-state index < -0.39 is 0 Å². The molecule has 3 aromatic rings. The number of hydrogen-bond acceptors (Lipinski definition) is 4. The van der Waals surface area contributed by atoms with Crippen molar-refractivity contribution >= 4 is 12.2 Å². The molecule has 3 rings (SSSR count). The predicted molar refractivity (Wildman–Crippen MR) is 68.5 cm³/mol. The molecule has 0 atom stereocenters. The van der Waals surface area contributed by atoms with E-state index in [4.69, 9.17) is 16.7 Å². The lowest BCUT2D eigenvalue weighted by atomic mass is 10.2. The highest BCUT2D eigenvalue weighted by molar-refractivity contribution is 7.71. The second-order valence-corrected chi connectivity index (χ2v) is 4.17. The van der Waals surface area contributed by atoms with Gasteiger partial charge in [-0.3, -0.25) is 0 Å². The summed E-state index contributed by atoms with van der Waals surface area (Å²) in [6.07, 6.45) is 3.20. The molecule has 90 valence electrons. The highest BCUT2D eigenvalue weighted by Crippen LogP contribution is 2.19. The Kier molecular flexibility index (Phi) is 2.77. The average Bonchev–Trinajstić information content (AvgIpc) is 3.03. The molecule has 2 aromatic heterocycles. The van der Waals surface area contributed by atoms with Gasteiger partial charge >= 0.3 is 0 Å². The van der Waals surface area contributed by atoms with Crippen LogP contribution in [0.4, 0.5) is 0 Å². The van der Waals surface area contributed by atoms with E-state index in [1.807, 2.05) is 41.1 Å². The Balaban J connectivity index is 2.04. The van der Waals surface area contributed by atoms with Gasteiger partial charge in [0.1, 0.15) is 0 Å². The number of aromatic nitrogens is 4. The summed E-state index contributed by atoms with van der Waals surface area (Å²) in [5.41, 5.74) is 2.10. The number of benzene rings is 1. The average molecular weight is 258 g/mol. The van der Waals surface area contributed by atoms with Gasteiger partial charge in [-0.05, 0) is 17.8 Å². The number of aromatic amines is 1. The number of nitrogens with one attached hydrogen (secondary N) is 1. The first-order valence-electron chi connectivity index (χ1n) is 5.43. The van der Waals surface area contributed by atoms with Crippen LogP contribution in [-0.2, 0) is 6.54 Å². The minimum atomic E-state index is 0.489. The molecular weight excluding hydrogens is 248 g/mol. The van der Waals surface area contributed by atoms with Crippen LogP contribution in [0.25, 0.3) is 11.3 Å². The number of imidazole rings is 1. The standard InChI is InChI=1S/C12H10N4OS/c18-12-13-6-10(9-4-2-1-3-5-9)16(12)7-11-14-8-17-15-11/h1-6,8H,7H2,(H,13,18). The fourth-order valence-corrected chi connectivity index (χ4v) is 2.03. The predicted octanol–water partition coefficient (Wildman–Crippen LogP) is 2.64. The molecule has 0 bridgehead atoms. The summed E-state index contributed by atoms with van der Waals surface area (Å²) in [4.78, 5) is 7.05. The van der Waals surface area contributed by atoms with Gasteiger partial charge in [0.2, 0.25) is 6.39 Å². The van der Waals surface area contributed by atoms with Gasteiger partial charge in [-0.15, -0.1) is 0 Å². The third kappa shape index (κ3) is 1.98. The topological polar surface area (TPSA) is 59.6 Å². The summed E-state index contributed by atoms with van der Waals surface area (Å²) in [5.74, 6) is 0.600. The van der Waals surface area contributed by atoms with Crippen LogP contribution in [0, 0.1) is 4.77 Å². The first kappa shape index (κ1) is 10.9. The largest absolute Gasteiger partial charge is 0.343 e. The van der Waals surface area contributed by atoms with Crippen molar-refractivity contribution in [2.75, 3.05) is 0 Å². The van der Waals surface area contributed by atoms with Crippen molar-refractivity contribution in [1.29, 1.82) is 0 Å². The van der Waals surface area contributed by atoms with Crippen LogP contribution in [0.1, 0.15) is 5.82 Å². The molecule has 0 aliphatic heterocycles. The number of H-pyrrole nitrogens is 1. The second-order valence-electron chi connectivity index (χ2n) is 3.78. The summed E-state index contributed by atoms with van der Waals surface area (Å²) in [6.45, 7) is 0.489. The van der Waals surface area contributed by atoms with E-state index in [1.54, 1.807) is 0 Å². The van der Waals surface area contributed by atoms with E-state index in [2.05, 4.69) is 15.1 Å². The van der Waals surface area contributed by atoms with Crippen molar-refractivity contribution in [3.8, 4) is 11.3 Å². The fraction of sp³-hybridized carbons (Fsp3) is 0.0833. The Morgan fingerprint density at radius 2 is 2.11 bits per heavy atom. The van der Waals surface area contributed by atoms with E-state index in [0.29, 0.717) is 17.1 Å². The van der Waals surface area contributed by atoms with Gasteiger partial charge in [0.05, 0.1) is 12.2 Å². The van der Waals surface area contributed by atoms with Crippen LogP contribution < -0.4 is 0 Å². The molecular formula is C12H10N4OS. The quantitative estimate of drug-likeness (QED) is 0.734. The van der Waals surface area contributed by atoms with E-state index >= 15 is 0 Å². The Hall–Kier alpha value is -2.21. The summed E-state index contributed by atoms with van der Waals surface area (Å²) in [7, 11) is 0. The molecule has 0 aliphatic carbocycles. The van der Waals surface area contributed by atoms with Crippen molar-refractivity contribution in [2.45, 2.75) is 6.54 Å². The normalized spacial score (nSPS) is 10.7. The van der Waals surface area contributed by atoms with Crippen molar-refractivity contribution < 1.29 is 4.52 Å². The van der Waals surface area contributed by atoms with Gasteiger partial charge in [-0.25, -0.2) is 0 Å². The Bertz CT molecular complexity index is 684. The summed E-state index contributed by atoms with van der Waals surface area (Å²) >= 11 is 5.27. The molecule has 0 fully saturated rings. The zero-order valence-corrected chi connectivity index (χ0v) is 10.2. The molecule has 2 heterocycles. The van der Waals surface area contributed by atoms with Gasteiger partial charge in [0.25, 0.3) is 0 Å². The van der Waals surface area contributed by atoms with Gasteiger partial charge in [-0.2, -0.15) is 4.98 Å². The lowest BCUT2D eigenvalue weighted by molar-refractivity contribution is 0.408. The van der Waals surface area contributed by atoms with Crippen molar-refractivity contribution in [1.82, 2.24) is 19.7 Å². The van der Waals surface area contributed by atoms with Crippen LogP contribution >= 0.6 is 12.2 Å². The van der Waals surface area contributed by atoms with Gasteiger partial charge in [0, 0.05) is 6.20 Å². The first-order chi connectivity index (χ1) is 8.84. The molecule has 0 aliphatic rings. The summed E-state index contributed by atoms with van der Waals surface area (Å²) in [6, 6.07) is 10.0. The molecule has 1 N–H and O–H groups in total. The second kappa shape index (κ2) is 4.58. The van der Waals surface area contributed by atoms with E-state index in [-0.39, 0.29) is 0 Å². The minimum absolute atomic E-state index is 0.489. The Morgan fingerprint density at radius 1 is 1.28 bits per heavy atom. The minimum Gasteiger partial charge on any atom is -0.343 e. The lowest BCUT2D eigenvalue weighted by Gasteiger charge is -2.05. The highest BCUT2D eigenvalue weighted by Gasteiger charge is 2.08. The molecule has 18 heavy (non-hydrogen) atoms. The van der Waals surface area contributed by atoms with Crippen LogP contribution in [0.3, 0.4) is 0 Å². The smallest absolute Gasteiger partial charge is 0.213 e. The zero-order chi connectivity index (χ0) is 12.4. The monoisotopic (exact) mass is 258 g/mol. The molecule has 0 spiro atoms. The van der Waals surface area contributed by atoms with Crippen LogP contribution in [0.2, 0.25) is 0 Å². The van der Waals surface area contributed by atoms with E-state index in [1.165, 1.54) is 6.39 Å². The maximum Gasteiger partial charge on any atom is 0.213 e. The van der Waals surface area contributed by atoms with Gasteiger partial charge in [-0.1, -0.05) is 35.5 Å². The third-order valence-corrected chi connectivity index (χ3v) is 2.98. The van der Waals surface area contributed by atoms with E-state index in [0.717, 1.165) is 11.3 Å². The van der Waals surface area contributed by atoms with Crippen molar-refractivity contribution in [3.05, 3.63) is 53.5 Å². The molecule has 0 amide bonds. The Morgan fingerprint density at radius 3 is 2.83 bits per heavy atom. The maximum absolute atomic E-state index is 5.27. The molecule has 6 heteroatoms. The van der Waals surface area contributed by atoms with Crippen LogP contribution in [0.5, 0.6) is 0 Å². The zero-order valence-electron chi connectivity index (χ0n) is 9.41. The van der Waals surface area contributed by atoms with Gasteiger partial charge < -0.3 is 14.1 Å². The number of hydrogen-bond donors (Lipinski definition) is 1. The summed E-state index contributed by atoms with van der Waals surface area (Å²) in [5, 5.41) is 3.80. The molecule has 0 saturated carbocycles. The SMILES string of the molecule is S=c1[nH]cc(-c2ccccc2)n1Cc1ncon1. The molecule has 1 aromatic carbocycles. The number of rotatable bonds is 3. The van der Waals surface area contributed by atoms with E-state index in [9.17, 15) is 0 Å². The maximum atomic E-state index is 5.27. The molecule has 0 unspecified atom stereocenters. The highest BCUT2D eigenvalue weighted by atomic mass is 32.1. The Labute approximate surface area is 108 Å². The third-order valence-electron chi connectivity index (χ3n) is 2.64. The number of nitrogens with zero attached hydrogens (tertiary/aromatic N) is 3. The van der Waals surface area contributed by atoms with Gasteiger partial charge in [0.15, 0.2) is 10.6 Å². The first-order valence-corrected chi connectivity index (χ1v) is 5.84. The lowest BCUT2D eigenvalue weighted by Crippen LogP contribution is -2.03. The molecule has 0 radical (unpaired) electrons. The van der Waals surface area contributed by atoms with Crippen LogP contribution in [0.15, 0.2) is 47.4 Å². The summed E-state index contributed by atoms with van der Waals surface area (Å²) < 4.78 is 7.31. The fourth-order valence-electron chi connectivity index (χ4n) is 1.80. The van der Waals surface area contributed by atoms with Crippen molar-refractivity contribution in [3.63, 3.8) is 0 Å². The molecule has 0 saturated heterocycles. The molecule has 5 nitrogen and oxygen atoms in total. The van der Waals surface area contributed by atoms with Crippen LogP contribution in [-0.4, -0.2) is 19.7 Å². The van der Waals surface area contributed by atoms with Crippen molar-refractivity contribution in [2.24, 2.45) is 0 Å².